The summed E-state index contributed by atoms with van der Waals surface area (Å²) in [5.74, 6) is 0. The molecule has 2 N–H and O–H groups in total. The average molecular weight is 214 g/mol. The lowest BCUT2D eigenvalue weighted by atomic mass is 10.2. The summed E-state index contributed by atoms with van der Waals surface area (Å²) in [4.78, 5) is 0. The molecule has 0 aromatic heterocycles. The van der Waals surface area contributed by atoms with E-state index in [1.165, 1.54) is 11.4 Å². The lowest BCUT2D eigenvalue weighted by molar-refractivity contribution is 0.600. The summed E-state index contributed by atoms with van der Waals surface area (Å²) in [6, 6.07) is 5.29. The third-order valence-corrected chi connectivity index (χ3v) is 3.21. The standard InChI is InChI=1S/C9H14N2O2S/c1-7-4-5-8(10)9(6-7)11(2)14(3,12)13/h4-6H,10H2,1-3H3. The summed E-state index contributed by atoms with van der Waals surface area (Å²) in [5, 5.41) is 0. The molecule has 0 atom stereocenters. The van der Waals surface area contributed by atoms with E-state index < -0.39 is 10.0 Å². The molecule has 0 aliphatic heterocycles. The Kier molecular flexibility index (Phi) is 2.71. The minimum absolute atomic E-state index is 0.462. The van der Waals surface area contributed by atoms with Gasteiger partial charge in [0.1, 0.15) is 0 Å². The van der Waals surface area contributed by atoms with Crippen LogP contribution in [-0.4, -0.2) is 21.7 Å². The molecular formula is C9H14N2O2S. The Morgan fingerprint density at radius 1 is 1.36 bits per heavy atom. The van der Waals surface area contributed by atoms with Crippen LogP contribution in [0.4, 0.5) is 11.4 Å². The van der Waals surface area contributed by atoms with E-state index in [0.29, 0.717) is 11.4 Å². The second-order valence-corrected chi connectivity index (χ2v) is 5.31. The second kappa shape index (κ2) is 3.49. The monoisotopic (exact) mass is 214 g/mol. The van der Waals surface area contributed by atoms with Crippen molar-refractivity contribution in [2.45, 2.75) is 6.92 Å². The van der Waals surface area contributed by atoms with Crippen LogP contribution in [0.1, 0.15) is 5.56 Å². The fraction of sp³-hybridized carbons (Fsp3) is 0.333. The zero-order valence-corrected chi connectivity index (χ0v) is 9.30. The highest BCUT2D eigenvalue weighted by Crippen LogP contribution is 2.24. The molecular weight excluding hydrogens is 200 g/mol. The van der Waals surface area contributed by atoms with Crippen LogP contribution in [0.3, 0.4) is 0 Å². The third-order valence-electron chi connectivity index (χ3n) is 2.02. The number of anilines is 2. The van der Waals surface area contributed by atoms with Crippen molar-refractivity contribution in [1.82, 2.24) is 0 Å². The van der Waals surface area contributed by atoms with Crippen molar-refractivity contribution in [2.75, 3.05) is 23.3 Å². The maximum Gasteiger partial charge on any atom is 0.232 e. The topological polar surface area (TPSA) is 63.4 Å². The predicted octanol–water partition coefficient (Wildman–Crippen LogP) is 0.973. The quantitative estimate of drug-likeness (QED) is 0.746. The van der Waals surface area contributed by atoms with Gasteiger partial charge in [0.05, 0.1) is 17.6 Å². The Morgan fingerprint density at radius 2 is 1.93 bits per heavy atom. The summed E-state index contributed by atoms with van der Waals surface area (Å²) in [5.41, 5.74) is 7.64. The molecule has 1 rings (SSSR count). The van der Waals surface area contributed by atoms with Crippen molar-refractivity contribution in [3.05, 3.63) is 23.8 Å². The number of hydrogen-bond donors (Lipinski definition) is 1. The predicted molar refractivity (Wildman–Crippen MR) is 58.8 cm³/mol. The van der Waals surface area contributed by atoms with Gasteiger partial charge in [-0.2, -0.15) is 0 Å². The molecule has 0 radical (unpaired) electrons. The Morgan fingerprint density at radius 3 is 2.43 bits per heavy atom. The number of benzene rings is 1. The van der Waals surface area contributed by atoms with E-state index in [-0.39, 0.29) is 0 Å². The second-order valence-electron chi connectivity index (χ2n) is 3.29. The Balaban J connectivity index is 3.26. The van der Waals surface area contributed by atoms with Gasteiger partial charge < -0.3 is 5.73 Å². The minimum atomic E-state index is -3.24. The van der Waals surface area contributed by atoms with Gasteiger partial charge in [0.2, 0.25) is 10.0 Å². The number of hydrogen-bond acceptors (Lipinski definition) is 3. The molecule has 78 valence electrons. The average Bonchev–Trinajstić information content (AvgIpc) is 2.06. The number of rotatable bonds is 2. The number of nitrogen functional groups attached to an aromatic ring is 1. The molecule has 1 aromatic rings. The molecule has 0 aliphatic carbocycles. The highest BCUT2D eigenvalue weighted by molar-refractivity contribution is 7.92. The van der Waals surface area contributed by atoms with Crippen LogP contribution in [0.25, 0.3) is 0 Å². The Labute approximate surface area is 84.4 Å². The molecule has 0 spiro atoms. The SMILES string of the molecule is Cc1ccc(N)c(N(C)S(C)(=O)=O)c1. The molecule has 0 amide bonds. The van der Waals surface area contributed by atoms with Gasteiger partial charge in [-0.25, -0.2) is 8.42 Å². The highest BCUT2D eigenvalue weighted by atomic mass is 32.2. The van der Waals surface area contributed by atoms with Crippen molar-refractivity contribution in [2.24, 2.45) is 0 Å². The number of nitrogens with zero attached hydrogens (tertiary/aromatic N) is 1. The molecule has 0 unspecified atom stereocenters. The van der Waals surface area contributed by atoms with E-state index in [9.17, 15) is 8.42 Å². The van der Waals surface area contributed by atoms with E-state index in [2.05, 4.69) is 0 Å². The van der Waals surface area contributed by atoms with Gasteiger partial charge in [0.15, 0.2) is 0 Å². The zero-order valence-electron chi connectivity index (χ0n) is 8.48. The van der Waals surface area contributed by atoms with Crippen molar-refractivity contribution >= 4 is 21.4 Å². The number of sulfonamides is 1. The van der Waals surface area contributed by atoms with Gasteiger partial charge in [-0.15, -0.1) is 0 Å². The largest absolute Gasteiger partial charge is 0.397 e. The van der Waals surface area contributed by atoms with Crippen LogP contribution < -0.4 is 10.0 Å². The van der Waals surface area contributed by atoms with E-state index >= 15 is 0 Å². The third kappa shape index (κ3) is 2.17. The fourth-order valence-corrected chi connectivity index (χ4v) is 1.62. The van der Waals surface area contributed by atoms with Crippen LogP contribution in [0.15, 0.2) is 18.2 Å². The van der Waals surface area contributed by atoms with E-state index in [4.69, 9.17) is 5.73 Å². The molecule has 1 aromatic carbocycles. The molecule has 0 saturated heterocycles. The Hall–Kier alpha value is -1.23. The summed E-state index contributed by atoms with van der Waals surface area (Å²) >= 11 is 0. The molecule has 0 fully saturated rings. The summed E-state index contributed by atoms with van der Waals surface area (Å²) < 4.78 is 23.7. The first-order valence-corrected chi connectivity index (χ1v) is 5.97. The maximum absolute atomic E-state index is 11.3. The van der Waals surface area contributed by atoms with Gasteiger partial charge in [-0.1, -0.05) is 6.07 Å². The fourth-order valence-electron chi connectivity index (χ4n) is 1.11. The van der Waals surface area contributed by atoms with Crippen molar-refractivity contribution in [3.63, 3.8) is 0 Å². The van der Waals surface area contributed by atoms with Crippen molar-refractivity contribution in [3.8, 4) is 0 Å². The number of nitrogens with two attached hydrogens (primary N) is 1. The maximum atomic E-state index is 11.3. The van der Waals surface area contributed by atoms with Crippen LogP contribution in [0.5, 0.6) is 0 Å². The molecule has 14 heavy (non-hydrogen) atoms. The molecule has 0 aliphatic rings. The summed E-state index contributed by atoms with van der Waals surface area (Å²) in [6.07, 6.45) is 1.15. The van der Waals surface area contributed by atoms with Crippen molar-refractivity contribution in [1.29, 1.82) is 0 Å². The number of aryl methyl sites for hydroxylation is 1. The van der Waals surface area contributed by atoms with Gasteiger partial charge in [0.25, 0.3) is 0 Å². The molecule has 0 saturated carbocycles. The van der Waals surface area contributed by atoms with Crippen molar-refractivity contribution < 1.29 is 8.42 Å². The first-order valence-electron chi connectivity index (χ1n) is 4.12. The lowest BCUT2D eigenvalue weighted by Crippen LogP contribution is -2.25. The molecule has 5 heteroatoms. The summed E-state index contributed by atoms with van der Waals surface area (Å²) in [6.45, 7) is 1.89. The Bertz CT molecular complexity index is 440. The van der Waals surface area contributed by atoms with E-state index in [1.807, 2.05) is 13.0 Å². The molecule has 0 heterocycles. The van der Waals surface area contributed by atoms with Gasteiger partial charge >= 0.3 is 0 Å². The first kappa shape index (κ1) is 10.8. The smallest absolute Gasteiger partial charge is 0.232 e. The minimum Gasteiger partial charge on any atom is -0.397 e. The normalized spacial score (nSPS) is 11.4. The molecule has 0 bridgehead atoms. The van der Waals surface area contributed by atoms with Crippen LogP contribution in [-0.2, 0) is 10.0 Å². The van der Waals surface area contributed by atoms with Gasteiger partial charge in [0, 0.05) is 7.05 Å². The van der Waals surface area contributed by atoms with E-state index in [1.54, 1.807) is 12.1 Å². The van der Waals surface area contributed by atoms with Gasteiger partial charge in [-0.3, -0.25) is 4.31 Å². The van der Waals surface area contributed by atoms with E-state index in [0.717, 1.165) is 11.8 Å². The summed E-state index contributed by atoms with van der Waals surface area (Å²) in [7, 11) is -1.76. The van der Waals surface area contributed by atoms with Crippen LogP contribution >= 0.6 is 0 Å². The zero-order chi connectivity index (χ0) is 10.9. The van der Waals surface area contributed by atoms with Crippen LogP contribution in [0, 0.1) is 6.92 Å². The first-order chi connectivity index (χ1) is 6.32. The lowest BCUT2D eigenvalue weighted by Gasteiger charge is -2.18. The van der Waals surface area contributed by atoms with Crippen LogP contribution in [0.2, 0.25) is 0 Å². The van der Waals surface area contributed by atoms with Gasteiger partial charge in [-0.05, 0) is 24.6 Å². The molecule has 4 nitrogen and oxygen atoms in total. The highest BCUT2D eigenvalue weighted by Gasteiger charge is 2.14.